The van der Waals surface area contributed by atoms with Crippen molar-refractivity contribution in [1.82, 2.24) is 15.2 Å². The average Bonchev–Trinajstić information content (AvgIpc) is 2.91. The molecule has 0 saturated carbocycles. The van der Waals surface area contributed by atoms with Crippen LogP contribution in [0.5, 0.6) is 0 Å². The van der Waals surface area contributed by atoms with Crippen molar-refractivity contribution in [2.75, 3.05) is 0 Å². The number of nitrogens with two attached hydrogens (primary N) is 1. The Kier molecular flexibility index (Phi) is 4.35. The normalized spacial score (nSPS) is 16.9. The van der Waals surface area contributed by atoms with E-state index in [0.717, 1.165) is 10.7 Å². The summed E-state index contributed by atoms with van der Waals surface area (Å²) in [6.07, 6.45) is 5.48. The van der Waals surface area contributed by atoms with Gasteiger partial charge in [0.05, 0.1) is 0 Å². The molecule has 0 saturated heterocycles. The van der Waals surface area contributed by atoms with Crippen LogP contribution in [0.25, 0.3) is 0 Å². The van der Waals surface area contributed by atoms with Gasteiger partial charge in [-0.15, -0.1) is 0 Å². The molecular weight excluding hydrogens is 304 g/mol. The third kappa shape index (κ3) is 3.52. The van der Waals surface area contributed by atoms with Crippen LogP contribution in [0.4, 0.5) is 0 Å². The molecule has 0 unspecified atom stereocenters. The van der Waals surface area contributed by atoms with E-state index in [2.05, 4.69) is 10.2 Å². The number of halogens is 1. The molecule has 0 bridgehead atoms. The number of rotatable bonds is 2. The zero-order valence-electron chi connectivity index (χ0n) is 12.6. The summed E-state index contributed by atoms with van der Waals surface area (Å²) in [5.41, 5.74) is 1.06. The van der Waals surface area contributed by atoms with E-state index in [1.807, 2.05) is 20.8 Å². The lowest BCUT2D eigenvalue weighted by Crippen LogP contribution is -2.33. The van der Waals surface area contributed by atoms with Crippen molar-refractivity contribution < 1.29 is 9.59 Å². The minimum absolute atomic E-state index is 0.163. The summed E-state index contributed by atoms with van der Waals surface area (Å²) < 4.78 is 0. The third-order valence-electron chi connectivity index (χ3n) is 3.09. The highest BCUT2D eigenvalue weighted by Crippen LogP contribution is 2.21. The van der Waals surface area contributed by atoms with Gasteiger partial charge in [-0.1, -0.05) is 32.4 Å². The van der Waals surface area contributed by atoms with Gasteiger partial charge in [0.25, 0.3) is 5.91 Å². The van der Waals surface area contributed by atoms with Gasteiger partial charge in [-0.05, 0) is 24.3 Å². The summed E-state index contributed by atoms with van der Waals surface area (Å²) in [6.45, 7) is 5.99. The number of hydrazine groups is 1. The number of carbonyl (C=O) groups excluding carboxylic acids is 2. The molecule has 0 radical (unpaired) electrons. The Labute approximate surface area is 133 Å². The molecule has 1 amide bonds. The van der Waals surface area contributed by atoms with Crippen LogP contribution in [0.15, 0.2) is 41.1 Å². The van der Waals surface area contributed by atoms with Gasteiger partial charge in [0.2, 0.25) is 0 Å². The fraction of sp³-hybridized carbons (Fsp3) is 0.267. The van der Waals surface area contributed by atoms with Crippen molar-refractivity contribution in [2.45, 2.75) is 26.2 Å². The molecule has 7 heteroatoms. The standard InChI is InChI=1S/C15H17ClN4O2/c1-15(2,3)13-7-11(18-19-13)14(22)20(17)8-9-6-10(16)4-5-12(9)21/h4-8H,17H2,1-3H3,(H,18,19)/b9-8-. The molecule has 22 heavy (non-hydrogen) atoms. The van der Waals surface area contributed by atoms with E-state index in [0.29, 0.717) is 5.03 Å². The van der Waals surface area contributed by atoms with Crippen LogP contribution in [0, 0.1) is 0 Å². The maximum atomic E-state index is 12.2. The first-order chi connectivity index (χ1) is 10.2. The molecule has 3 N–H and O–H groups in total. The molecule has 1 aliphatic rings. The van der Waals surface area contributed by atoms with Crippen molar-refractivity contribution >= 4 is 23.3 Å². The molecule has 1 heterocycles. The number of amides is 1. The summed E-state index contributed by atoms with van der Waals surface area (Å²) in [7, 11) is 0. The molecule has 0 atom stereocenters. The third-order valence-corrected chi connectivity index (χ3v) is 3.32. The predicted octanol–water partition coefficient (Wildman–Crippen LogP) is 2.17. The van der Waals surface area contributed by atoms with Crippen molar-refractivity contribution in [1.29, 1.82) is 0 Å². The predicted molar refractivity (Wildman–Crippen MR) is 83.8 cm³/mol. The van der Waals surface area contributed by atoms with Crippen LogP contribution in [0.1, 0.15) is 37.0 Å². The van der Waals surface area contributed by atoms with Gasteiger partial charge < -0.3 is 0 Å². The summed E-state index contributed by atoms with van der Waals surface area (Å²) >= 11 is 5.83. The van der Waals surface area contributed by atoms with Crippen LogP contribution in [-0.2, 0) is 10.2 Å². The van der Waals surface area contributed by atoms with Crippen LogP contribution in [-0.4, -0.2) is 26.9 Å². The molecular formula is C15H17ClN4O2. The Balaban J connectivity index is 2.21. The Bertz CT molecular complexity index is 707. The summed E-state index contributed by atoms with van der Waals surface area (Å²) in [5, 5.41) is 8.00. The number of allylic oxidation sites excluding steroid dienone is 5. The Hall–Kier alpha value is -2.18. The monoisotopic (exact) mass is 320 g/mol. The van der Waals surface area contributed by atoms with Gasteiger partial charge in [0.15, 0.2) is 11.5 Å². The lowest BCUT2D eigenvalue weighted by atomic mass is 9.92. The molecule has 6 nitrogen and oxygen atoms in total. The van der Waals surface area contributed by atoms with E-state index >= 15 is 0 Å². The number of aromatic amines is 1. The summed E-state index contributed by atoms with van der Waals surface area (Å²) in [5.74, 6) is 4.92. The van der Waals surface area contributed by atoms with Gasteiger partial charge >= 0.3 is 0 Å². The van der Waals surface area contributed by atoms with Gasteiger partial charge in [0, 0.05) is 27.9 Å². The number of ketones is 1. The molecule has 0 aromatic carbocycles. The minimum atomic E-state index is -0.522. The molecule has 0 fully saturated rings. The number of H-pyrrole nitrogens is 1. The van der Waals surface area contributed by atoms with E-state index < -0.39 is 5.91 Å². The topological polar surface area (TPSA) is 92.1 Å². The number of carbonyl (C=O) groups is 2. The van der Waals surface area contributed by atoms with E-state index in [4.69, 9.17) is 17.4 Å². The van der Waals surface area contributed by atoms with Gasteiger partial charge in [-0.25, -0.2) is 10.9 Å². The fourth-order valence-electron chi connectivity index (χ4n) is 1.78. The molecule has 116 valence electrons. The zero-order valence-corrected chi connectivity index (χ0v) is 13.3. The second-order valence-corrected chi connectivity index (χ2v) is 6.38. The highest BCUT2D eigenvalue weighted by Gasteiger charge is 2.21. The second kappa shape index (κ2) is 5.90. The van der Waals surface area contributed by atoms with Gasteiger partial charge in [0.1, 0.15) is 0 Å². The molecule has 1 aliphatic carbocycles. The lowest BCUT2D eigenvalue weighted by molar-refractivity contribution is -0.111. The number of hydrogen-bond acceptors (Lipinski definition) is 4. The highest BCUT2D eigenvalue weighted by atomic mass is 35.5. The summed E-state index contributed by atoms with van der Waals surface area (Å²) in [6, 6.07) is 1.64. The van der Waals surface area contributed by atoms with Crippen LogP contribution in [0.2, 0.25) is 0 Å². The van der Waals surface area contributed by atoms with Gasteiger partial charge in [-0.3, -0.25) is 14.7 Å². The van der Waals surface area contributed by atoms with Crippen molar-refractivity contribution in [3.05, 3.63) is 52.5 Å². The first kappa shape index (κ1) is 16.2. The van der Waals surface area contributed by atoms with Crippen molar-refractivity contribution in [3.8, 4) is 0 Å². The zero-order chi connectivity index (χ0) is 16.5. The first-order valence-corrected chi connectivity index (χ1v) is 7.02. The van der Waals surface area contributed by atoms with Crippen LogP contribution in [0.3, 0.4) is 0 Å². The Morgan fingerprint density at radius 1 is 1.41 bits per heavy atom. The largest absolute Gasteiger partial charge is 0.292 e. The van der Waals surface area contributed by atoms with Crippen molar-refractivity contribution in [3.63, 3.8) is 0 Å². The Morgan fingerprint density at radius 3 is 2.68 bits per heavy atom. The minimum Gasteiger partial charge on any atom is -0.289 e. The average molecular weight is 321 g/mol. The molecule has 1 aromatic heterocycles. The maximum absolute atomic E-state index is 12.2. The Morgan fingerprint density at radius 2 is 2.09 bits per heavy atom. The van der Waals surface area contributed by atoms with Crippen LogP contribution < -0.4 is 5.84 Å². The number of nitrogens with zero attached hydrogens (tertiary/aromatic N) is 2. The number of nitrogens with one attached hydrogen (secondary N) is 1. The molecule has 0 aliphatic heterocycles. The molecule has 0 spiro atoms. The van der Waals surface area contributed by atoms with Gasteiger partial charge in [-0.2, -0.15) is 5.10 Å². The maximum Gasteiger partial charge on any atom is 0.292 e. The summed E-state index contributed by atoms with van der Waals surface area (Å²) in [4.78, 5) is 23.9. The lowest BCUT2D eigenvalue weighted by Gasteiger charge is -2.15. The van der Waals surface area contributed by atoms with E-state index in [-0.39, 0.29) is 22.5 Å². The smallest absolute Gasteiger partial charge is 0.289 e. The molecule has 1 aromatic rings. The second-order valence-electron chi connectivity index (χ2n) is 5.94. The number of aromatic nitrogens is 2. The van der Waals surface area contributed by atoms with Crippen LogP contribution >= 0.6 is 11.6 Å². The van der Waals surface area contributed by atoms with E-state index in [9.17, 15) is 9.59 Å². The van der Waals surface area contributed by atoms with Crippen molar-refractivity contribution in [2.24, 2.45) is 5.84 Å². The quantitative estimate of drug-likeness (QED) is 0.378. The van der Waals surface area contributed by atoms with E-state index in [1.165, 1.54) is 24.4 Å². The number of hydrogen-bond donors (Lipinski definition) is 2. The van der Waals surface area contributed by atoms with E-state index in [1.54, 1.807) is 6.07 Å². The fourth-order valence-corrected chi connectivity index (χ4v) is 1.96. The highest BCUT2D eigenvalue weighted by molar-refractivity contribution is 6.33. The molecule has 2 rings (SSSR count). The first-order valence-electron chi connectivity index (χ1n) is 6.64. The SMILES string of the molecule is CC(C)(C)c1cc(C(=O)N(N)/C=C2/C=C(Cl)C=CC2=O)n[nH]1.